The van der Waals surface area contributed by atoms with Crippen molar-refractivity contribution in [3.63, 3.8) is 0 Å². The standard InChI is InChI=1S/C23H30N6O3S/c1-12-18(22-28-16-10-24-8-7-17(16)33-22)21(27-15-9-13(11-30)19(31)20(15)32)29-23(25-12)26-14-5-3-2-4-6-14/h7-8,10,13-15,19-20,30-32H,2-6,9,11H2,1H3,(H2,25,26,27,29)/t13-,15?,19-,20+/m1/s1. The summed E-state index contributed by atoms with van der Waals surface area (Å²) < 4.78 is 1.02. The van der Waals surface area contributed by atoms with E-state index in [1.807, 2.05) is 13.0 Å². The molecule has 9 nitrogen and oxygen atoms in total. The quantitative estimate of drug-likeness (QED) is 0.368. The van der Waals surface area contributed by atoms with E-state index in [2.05, 4.69) is 15.6 Å². The molecule has 5 N–H and O–H groups in total. The Morgan fingerprint density at radius 1 is 1.06 bits per heavy atom. The number of nitrogens with one attached hydrogen (secondary N) is 2. The lowest BCUT2D eigenvalue weighted by molar-refractivity contribution is 0.00446. The van der Waals surface area contributed by atoms with Gasteiger partial charge in [0.05, 0.1) is 34.3 Å². The molecule has 33 heavy (non-hydrogen) atoms. The minimum atomic E-state index is -1.00. The largest absolute Gasteiger partial charge is 0.396 e. The fourth-order valence-electron chi connectivity index (χ4n) is 4.94. The molecule has 0 bridgehead atoms. The van der Waals surface area contributed by atoms with Gasteiger partial charge < -0.3 is 26.0 Å². The molecule has 0 radical (unpaired) electrons. The van der Waals surface area contributed by atoms with E-state index in [-0.39, 0.29) is 12.5 Å². The highest BCUT2D eigenvalue weighted by molar-refractivity contribution is 7.21. The number of rotatable bonds is 6. The third-order valence-electron chi connectivity index (χ3n) is 6.79. The Kier molecular flexibility index (Phi) is 6.42. The van der Waals surface area contributed by atoms with Crippen molar-refractivity contribution in [1.29, 1.82) is 0 Å². The van der Waals surface area contributed by atoms with Crippen molar-refractivity contribution in [2.45, 2.75) is 69.7 Å². The number of aliphatic hydroxyl groups excluding tert-OH is 3. The molecule has 0 amide bonds. The van der Waals surface area contributed by atoms with E-state index in [0.29, 0.717) is 24.2 Å². The van der Waals surface area contributed by atoms with E-state index in [0.717, 1.165) is 39.3 Å². The molecule has 3 heterocycles. The van der Waals surface area contributed by atoms with Crippen molar-refractivity contribution >= 4 is 33.3 Å². The maximum absolute atomic E-state index is 10.6. The first-order chi connectivity index (χ1) is 16.0. The van der Waals surface area contributed by atoms with Gasteiger partial charge in [-0.25, -0.2) is 9.97 Å². The first-order valence-electron chi connectivity index (χ1n) is 11.6. The van der Waals surface area contributed by atoms with Crippen LogP contribution in [-0.2, 0) is 0 Å². The van der Waals surface area contributed by atoms with E-state index >= 15 is 0 Å². The first kappa shape index (κ1) is 22.4. The van der Waals surface area contributed by atoms with Gasteiger partial charge in [0.2, 0.25) is 5.95 Å². The topological polar surface area (TPSA) is 136 Å². The lowest BCUT2D eigenvalue weighted by Gasteiger charge is -2.25. The maximum Gasteiger partial charge on any atom is 0.225 e. The van der Waals surface area contributed by atoms with Crippen LogP contribution in [0.25, 0.3) is 20.8 Å². The minimum Gasteiger partial charge on any atom is -0.396 e. The van der Waals surface area contributed by atoms with Crippen molar-refractivity contribution < 1.29 is 15.3 Å². The molecule has 2 saturated carbocycles. The molecule has 10 heteroatoms. The number of aryl methyl sites for hydroxylation is 1. The number of thiazole rings is 1. The van der Waals surface area contributed by atoms with Crippen LogP contribution in [0.15, 0.2) is 18.5 Å². The van der Waals surface area contributed by atoms with Gasteiger partial charge in [0.1, 0.15) is 22.4 Å². The average Bonchev–Trinajstić information content (AvgIpc) is 3.35. The van der Waals surface area contributed by atoms with Gasteiger partial charge in [-0.2, -0.15) is 4.98 Å². The molecule has 0 aliphatic heterocycles. The van der Waals surface area contributed by atoms with Crippen molar-refractivity contribution in [1.82, 2.24) is 19.9 Å². The summed E-state index contributed by atoms with van der Waals surface area (Å²) >= 11 is 1.54. The van der Waals surface area contributed by atoms with Crippen LogP contribution >= 0.6 is 11.3 Å². The molecular weight excluding hydrogens is 440 g/mol. The second kappa shape index (κ2) is 9.46. The van der Waals surface area contributed by atoms with Gasteiger partial charge in [-0.05, 0) is 32.3 Å². The van der Waals surface area contributed by atoms with Crippen LogP contribution in [0.1, 0.15) is 44.2 Å². The summed E-state index contributed by atoms with van der Waals surface area (Å²) in [6.45, 7) is 1.76. The van der Waals surface area contributed by atoms with Crippen LogP contribution in [0, 0.1) is 12.8 Å². The number of nitrogens with zero attached hydrogens (tertiary/aromatic N) is 4. The molecule has 0 saturated heterocycles. The second-order valence-electron chi connectivity index (χ2n) is 9.11. The Balaban J connectivity index is 1.52. The van der Waals surface area contributed by atoms with E-state index in [1.165, 1.54) is 19.3 Å². The van der Waals surface area contributed by atoms with Crippen molar-refractivity contribution in [2.75, 3.05) is 17.2 Å². The van der Waals surface area contributed by atoms with Gasteiger partial charge in [0.25, 0.3) is 0 Å². The van der Waals surface area contributed by atoms with E-state index in [4.69, 9.17) is 15.0 Å². The number of anilines is 2. The van der Waals surface area contributed by atoms with Crippen LogP contribution in [0.5, 0.6) is 0 Å². The lowest BCUT2D eigenvalue weighted by atomic mass is 9.96. The molecule has 2 fully saturated rings. The second-order valence-corrected chi connectivity index (χ2v) is 10.1. The maximum atomic E-state index is 10.6. The molecule has 3 aromatic rings. The molecule has 5 rings (SSSR count). The minimum absolute atomic E-state index is 0.175. The van der Waals surface area contributed by atoms with Gasteiger partial charge >= 0.3 is 0 Å². The summed E-state index contributed by atoms with van der Waals surface area (Å²) in [6.07, 6.45) is 7.82. The van der Waals surface area contributed by atoms with E-state index in [1.54, 1.807) is 23.7 Å². The number of fused-ring (bicyclic) bond motifs is 1. The molecular formula is C23H30N6O3S. The van der Waals surface area contributed by atoms with Crippen LogP contribution in [0.4, 0.5) is 11.8 Å². The Labute approximate surface area is 196 Å². The SMILES string of the molecule is Cc1nc(NC2CCCCC2)nc(NC2C[C@H](CO)[C@@H](O)[C@H]2O)c1-c1nc2cnccc2s1. The highest BCUT2D eigenvalue weighted by Crippen LogP contribution is 2.38. The number of aromatic nitrogens is 4. The number of hydrogen-bond donors (Lipinski definition) is 5. The third-order valence-corrected chi connectivity index (χ3v) is 7.84. The molecule has 2 aliphatic rings. The molecule has 1 unspecified atom stereocenters. The first-order valence-corrected chi connectivity index (χ1v) is 12.4. The zero-order valence-corrected chi connectivity index (χ0v) is 19.4. The fourth-order valence-corrected chi connectivity index (χ4v) is 5.97. The molecule has 3 aromatic heterocycles. The van der Waals surface area contributed by atoms with Crippen molar-refractivity contribution in [3.05, 3.63) is 24.2 Å². The molecule has 2 aliphatic carbocycles. The van der Waals surface area contributed by atoms with Crippen LogP contribution in [0.3, 0.4) is 0 Å². The summed E-state index contributed by atoms with van der Waals surface area (Å²) in [5, 5.41) is 38.1. The normalized spacial score (nSPS) is 26.1. The Bertz CT molecular complexity index is 1090. The highest BCUT2D eigenvalue weighted by atomic mass is 32.1. The predicted molar refractivity (Wildman–Crippen MR) is 128 cm³/mol. The molecule has 0 aromatic carbocycles. The van der Waals surface area contributed by atoms with E-state index in [9.17, 15) is 15.3 Å². The van der Waals surface area contributed by atoms with Gasteiger partial charge in [-0.1, -0.05) is 19.3 Å². The van der Waals surface area contributed by atoms with Gasteiger partial charge in [0.15, 0.2) is 0 Å². The van der Waals surface area contributed by atoms with Crippen molar-refractivity contribution in [2.24, 2.45) is 5.92 Å². The monoisotopic (exact) mass is 470 g/mol. The average molecular weight is 471 g/mol. The third kappa shape index (κ3) is 4.52. The fraction of sp³-hybridized carbons (Fsp3) is 0.565. The predicted octanol–water partition coefficient (Wildman–Crippen LogP) is 2.72. The zero-order chi connectivity index (χ0) is 22.9. The van der Waals surface area contributed by atoms with E-state index < -0.39 is 18.2 Å². The summed E-state index contributed by atoms with van der Waals surface area (Å²) in [5.74, 6) is 0.750. The molecule has 0 spiro atoms. The number of hydrogen-bond acceptors (Lipinski definition) is 10. The number of pyridine rings is 1. The molecule has 4 atom stereocenters. The van der Waals surface area contributed by atoms with Crippen molar-refractivity contribution in [3.8, 4) is 10.6 Å². The number of aliphatic hydroxyl groups is 3. The summed E-state index contributed by atoms with van der Waals surface area (Å²) in [5.41, 5.74) is 2.37. The summed E-state index contributed by atoms with van der Waals surface area (Å²) in [7, 11) is 0. The Morgan fingerprint density at radius 2 is 1.88 bits per heavy atom. The Hall–Kier alpha value is -2.40. The van der Waals surface area contributed by atoms with Gasteiger partial charge in [-0.15, -0.1) is 11.3 Å². The molecule has 176 valence electrons. The van der Waals surface area contributed by atoms with Crippen LogP contribution in [0.2, 0.25) is 0 Å². The zero-order valence-electron chi connectivity index (χ0n) is 18.6. The summed E-state index contributed by atoms with van der Waals surface area (Å²) in [4.78, 5) is 18.5. The lowest BCUT2D eigenvalue weighted by Crippen LogP contribution is -2.36. The van der Waals surface area contributed by atoms with Crippen LogP contribution in [-0.4, -0.2) is 66.2 Å². The smallest absolute Gasteiger partial charge is 0.225 e. The van der Waals surface area contributed by atoms with Crippen LogP contribution < -0.4 is 10.6 Å². The Morgan fingerprint density at radius 3 is 2.61 bits per heavy atom. The van der Waals surface area contributed by atoms with Gasteiger partial charge in [-0.3, -0.25) is 4.98 Å². The van der Waals surface area contributed by atoms with Gasteiger partial charge in [0, 0.05) is 24.8 Å². The summed E-state index contributed by atoms with van der Waals surface area (Å²) in [6, 6.07) is 1.84. The highest BCUT2D eigenvalue weighted by Gasteiger charge is 2.41.